The maximum atomic E-state index is 13.5. The summed E-state index contributed by atoms with van der Waals surface area (Å²) in [5.41, 5.74) is 3.82. The highest BCUT2D eigenvalue weighted by atomic mass is 16.6. The second kappa shape index (κ2) is 32.9. The van der Waals surface area contributed by atoms with Crippen molar-refractivity contribution in [2.75, 3.05) is 100 Å². The number of carbonyl (C=O) groups excluding carboxylic acids is 3. The van der Waals surface area contributed by atoms with Crippen molar-refractivity contribution < 1.29 is 47.5 Å². The van der Waals surface area contributed by atoms with Gasteiger partial charge in [-0.3, -0.25) is 9.59 Å². The van der Waals surface area contributed by atoms with E-state index in [0.717, 1.165) is 99.9 Å². The van der Waals surface area contributed by atoms with E-state index in [1.54, 1.807) is 29.2 Å². The van der Waals surface area contributed by atoms with Gasteiger partial charge in [-0.25, -0.2) is 4.79 Å². The lowest BCUT2D eigenvalue weighted by molar-refractivity contribution is 0.0288. The summed E-state index contributed by atoms with van der Waals surface area (Å²) in [7, 11) is 0. The van der Waals surface area contributed by atoms with E-state index in [-0.39, 0.29) is 41.8 Å². The lowest BCUT2D eigenvalue weighted by Crippen LogP contribution is -2.36. The molecule has 4 aromatic carbocycles. The Labute approximate surface area is 521 Å². The minimum Gasteiger partial charge on any atom is -0.494 e. The zero-order valence-electron chi connectivity index (χ0n) is 51.9. The molecule has 3 amide bonds. The van der Waals surface area contributed by atoms with Gasteiger partial charge < -0.3 is 75.3 Å². The number of hydrogen-bond acceptors (Lipinski definition) is 21. The highest BCUT2D eigenvalue weighted by Gasteiger charge is 2.30. The molecule has 12 rings (SSSR count). The quantitative estimate of drug-likeness (QED) is 0.0671. The number of likely N-dealkylation sites (tertiary alicyclic amines) is 1. The number of aromatic nitrogens is 6. The van der Waals surface area contributed by atoms with Crippen LogP contribution in [0.25, 0.3) is 0 Å². The number of ether oxygens (including phenoxy) is 7. The fraction of sp³-hybridized carbons (Fsp3) is 0.492. The van der Waals surface area contributed by atoms with Crippen molar-refractivity contribution in [1.82, 2.24) is 50.8 Å². The highest BCUT2D eigenvalue weighted by Crippen LogP contribution is 2.30. The van der Waals surface area contributed by atoms with E-state index in [2.05, 4.69) is 67.1 Å². The monoisotopic (exact) mass is 1220 g/mol. The number of rotatable bonds is 10. The number of amides is 3. The Morgan fingerprint density at radius 2 is 1.02 bits per heavy atom. The molecule has 24 nitrogen and oxygen atoms in total. The molecule has 0 spiro atoms. The largest absolute Gasteiger partial charge is 0.494 e. The van der Waals surface area contributed by atoms with Gasteiger partial charge in [-0.1, -0.05) is 24.3 Å². The summed E-state index contributed by atoms with van der Waals surface area (Å²) < 4.78 is 40.9. The molecule has 0 aliphatic carbocycles. The van der Waals surface area contributed by atoms with Crippen molar-refractivity contribution in [2.24, 2.45) is 11.8 Å². The van der Waals surface area contributed by atoms with Crippen LogP contribution < -0.4 is 65.6 Å². The van der Waals surface area contributed by atoms with Gasteiger partial charge in [0.05, 0.1) is 50.8 Å². The smallest absolute Gasteiger partial charge is 0.410 e. The van der Waals surface area contributed by atoms with Crippen LogP contribution in [0.5, 0.6) is 35.0 Å². The van der Waals surface area contributed by atoms with E-state index in [4.69, 9.17) is 33.2 Å². The molecule has 6 aliphatic heterocycles. The molecule has 476 valence electrons. The van der Waals surface area contributed by atoms with Gasteiger partial charge in [0.25, 0.3) is 11.8 Å². The molecule has 6 aliphatic rings. The van der Waals surface area contributed by atoms with Gasteiger partial charge in [-0.05, 0) is 183 Å². The van der Waals surface area contributed by atoms with Gasteiger partial charge in [0.2, 0.25) is 23.8 Å². The normalized spacial score (nSPS) is 17.3. The average Bonchev–Trinajstić information content (AvgIpc) is 3.72. The summed E-state index contributed by atoms with van der Waals surface area (Å²) in [6.07, 6.45) is 9.16. The molecular formula is C65H86N14O10. The minimum absolute atomic E-state index is 0.130. The van der Waals surface area contributed by atoms with Crippen LogP contribution in [0.15, 0.2) is 84.9 Å². The molecule has 8 heterocycles. The minimum atomic E-state index is -0.552. The zero-order chi connectivity index (χ0) is 62.2. The van der Waals surface area contributed by atoms with Crippen LogP contribution in [-0.2, 0) is 17.8 Å². The number of nitrogens with one attached hydrogen (secondary N) is 7. The second-order valence-electron chi connectivity index (χ2n) is 23.1. The summed E-state index contributed by atoms with van der Waals surface area (Å²) in [4.78, 5) is 67.5. The molecule has 7 N–H and O–H groups in total. The number of anilines is 6. The van der Waals surface area contributed by atoms with Crippen LogP contribution in [0, 0.1) is 11.8 Å². The third-order valence-electron chi connectivity index (χ3n) is 14.8. The lowest BCUT2D eigenvalue weighted by Gasteiger charge is -2.24. The van der Waals surface area contributed by atoms with E-state index in [1.165, 1.54) is 0 Å². The summed E-state index contributed by atoms with van der Waals surface area (Å²) in [6.45, 7) is 17.5. The Kier molecular flexibility index (Phi) is 23.8. The van der Waals surface area contributed by atoms with Gasteiger partial charge in [-0.2, -0.15) is 29.9 Å². The summed E-state index contributed by atoms with van der Waals surface area (Å²) in [6, 6.07) is 27.1. The number of hydrogen-bond donors (Lipinski definition) is 7. The van der Waals surface area contributed by atoms with Crippen LogP contribution in [0.3, 0.4) is 0 Å². The van der Waals surface area contributed by atoms with Gasteiger partial charge in [0.1, 0.15) is 28.6 Å². The van der Waals surface area contributed by atoms with Crippen molar-refractivity contribution in [2.45, 2.75) is 118 Å². The predicted molar refractivity (Wildman–Crippen MR) is 339 cm³/mol. The molecular weight excluding hydrogens is 1140 g/mol. The van der Waals surface area contributed by atoms with Crippen molar-refractivity contribution in [1.29, 1.82) is 0 Å². The van der Waals surface area contributed by atoms with Crippen molar-refractivity contribution in [3.63, 3.8) is 0 Å². The molecule has 2 saturated heterocycles. The summed E-state index contributed by atoms with van der Waals surface area (Å²) >= 11 is 0. The number of nitrogens with zero attached hydrogens (tertiary/aromatic N) is 7. The number of benzene rings is 4. The SMILES string of the molecule is CCOc1nc2nc(n1)Nc1ccc(C(=O)NCC3CCN(C(=O)OC(C)(C)C)C3)c(c1)OCCCCCCOc1ccc(cc1)CN2.CCOc1nc2nc(n1)Nc1ccc(C(=O)NCC3CCNC3)c(c1)OCCCCCCOc1ccc(cc1)CN2. The van der Waals surface area contributed by atoms with Crippen LogP contribution in [-0.4, -0.2) is 137 Å². The summed E-state index contributed by atoms with van der Waals surface area (Å²) in [5.74, 6) is 4.18. The average molecular weight is 1220 g/mol. The highest BCUT2D eigenvalue weighted by molar-refractivity contribution is 5.98. The van der Waals surface area contributed by atoms with Crippen LogP contribution in [0.2, 0.25) is 0 Å². The van der Waals surface area contributed by atoms with E-state index < -0.39 is 5.60 Å². The molecule has 2 aromatic heterocycles. The third kappa shape index (κ3) is 20.9. The Bertz CT molecular complexity index is 3240. The molecule has 2 fully saturated rings. The standard InChI is InChI=1S/C35H47N7O6.C30H39N7O4/c1-5-45-33-40-31-37-21-24-10-13-27(14-11-24)46-18-8-6-7-9-19-47-29-20-26(38-32(39-31)41-33)12-15-28(29)30(43)36-22-25-16-17-42(23-25)34(44)48-35(2,3)4;1-2-39-30-36-28-33-19-21-7-10-24(11-8-21)40-15-5-3-4-6-16-41-26-17-23(34-29(35-28)37-30)9-12-25(26)27(38)32-20-22-13-14-31-18-22/h10-15,20,25H,5-9,16-19,21-23H2,1-4H3,(H,36,43)(H2,37,38,39,40,41);7-12,17,22,31H,2-6,13-16,18-20H2,1H3,(H,32,38)(H2,33,34,35,36,37). The topological polar surface area (TPSA) is 281 Å². The predicted octanol–water partition coefficient (Wildman–Crippen LogP) is 10.2. The maximum absolute atomic E-state index is 13.5. The van der Waals surface area contributed by atoms with E-state index >= 15 is 0 Å². The molecule has 0 saturated carbocycles. The number of carbonyl (C=O) groups is 3. The Morgan fingerprint density at radius 1 is 0.562 bits per heavy atom. The first-order valence-electron chi connectivity index (χ1n) is 31.3. The van der Waals surface area contributed by atoms with Gasteiger partial charge in [0, 0.05) is 62.8 Å². The van der Waals surface area contributed by atoms with Gasteiger partial charge in [0.15, 0.2) is 0 Å². The zero-order valence-corrected chi connectivity index (χ0v) is 51.9. The molecule has 2 atom stereocenters. The van der Waals surface area contributed by atoms with Crippen molar-refractivity contribution in [3.8, 4) is 35.0 Å². The first kappa shape index (κ1) is 64.5. The van der Waals surface area contributed by atoms with Crippen molar-refractivity contribution >= 4 is 53.1 Å². The molecule has 89 heavy (non-hydrogen) atoms. The first-order chi connectivity index (χ1) is 43.3. The number of fused-ring (bicyclic) bond motifs is 20. The van der Waals surface area contributed by atoms with E-state index in [9.17, 15) is 14.4 Å². The molecule has 2 unspecified atom stereocenters. The molecule has 0 radical (unpaired) electrons. The van der Waals surface area contributed by atoms with E-state index in [1.807, 2.05) is 95.3 Å². The Morgan fingerprint density at radius 3 is 1.47 bits per heavy atom. The fourth-order valence-corrected chi connectivity index (χ4v) is 10.1. The maximum Gasteiger partial charge on any atom is 0.410 e. The van der Waals surface area contributed by atoms with Gasteiger partial charge in [-0.15, -0.1) is 0 Å². The van der Waals surface area contributed by atoms with Gasteiger partial charge >= 0.3 is 18.1 Å². The molecule has 24 heteroatoms. The third-order valence-corrected chi connectivity index (χ3v) is 14.8. The fourth-order valence-electron chi connectivity index (χ4n) is 10.1. The lowest BCUT2D eigenvalue weighted by atomic mass is 10.1. The molecule has 6 aromatic rings. The van der Waals surface area contributed by atoms with Crippen LogP contribution >= 0.6 is 0 Å². The Hall–Kier alpha value is -8.93. The Balaban J connectivity index is 0.000000214. The first-order valence-corrected chi connectivity index (χ1v) is 31.3. The summed E-state index contributed by atoms with van der Waals surface area (Å²) in [5, 5.41) is 22.4. The van der Waals surface area contributed by atoms with Crippen LogP contribution in [0.4, 0.5) is 40.0 Å². The molecule has 12 bridgehead atoms. The second-order valence-corrected chi connectivity index (χ2v) is 23.1. The van der Waals surface area contributed by atoms with Crippen molar-refractivity contribution in [3.05, 3.63) is 107 Å². The van der Waals surface area contributed by atoms with Crippen LogP contribution in [0.1, 0.15) is 131 Å². The van der Waals surface area contributed by atoms with E-state index in [0.29, 0.717) is 137 Å².